The summed E-state index contributed by atoms with van der Waals surface area (Å²) in [4.78, 5) is 10.8. The molecule has 14 heavy (non-hydrogen) atoms. The van der Waals surface area contributed by atoms with Gasteiger partial charge in [0.05, 0.1) is 5.56 Å². The highest BCUT2D eigenvalue weighted by atomic mass is 16.4. The van der Waals surface area contributed by atoms with Gasteiger partial charge in [-0.2, -0.15) is 0 Å². The number of rotatable bonds is 3. The Kier molecular flexibility index (Phi) is 3.12. The van der Waals surface area contributed by atoms with Crippen LogP contribution in [0, 0.1) is 0 Å². The fourth-order valence-corrected chi connectivity index (χ4v) is 1.30. The molecule has 0 aliphatic carbocycles. The van der Waals surface area contributed by atoms with Gasteiger partial charge in [-0.05, 0) is 30.0 Å². The Morgan fingerprint density at radius 1 is 1.57 bits per heavy atom. The average Bonchev–Trinajstić information content (AvgIpc) is 2.17. The van der Waals surface area contributed by atoms with Crippen LogP contribution in [0.4, 0.5) is 5.69 Å². The van der Waals surface area contributed by atoms with Gasteiger partial charge in [0.25, 0.3) is 0 Å². The first-order valence-corrected chi connectivity index (χ1v) is 4.69. The van der Waals surface area contributed by atoms with E-state index in [1.807, 2.05) is 6.07 Å². The molecule has 3 nitrogen and oxygen atoms in total. The zero-order chi connectivity index (χ0) is 10.7. The summed E-state index contributed by atoms with van der Waals surface area (Å²) in [6.07, 6.45) is 0.989. The predicted octanol–water partition coefficient (Wildman–Crippen LogP) is 2.48. The highest BCUT2D eigenvalue weighted by Gasteiger charge is 2.10. The molecule has 0 aliphatic rings. The van der Waals surface area contributed by atoms with E-state index in [2.05, 4.69) is 13.8 Å². The number of hydrogen-bond acceptors (Lipinski definition) is 2. The summed E-state index contributed by atoms with van der Waals surface area (Å²) in [6.45, 7) is 4.14. The number of nitrogen functional groups attached to an aromatic ring is 1. The van der Waals surface area contributed by atoms with Crippen molar-refractivity contribution in [3.63, 3.8) is 0 Å². The number of aromatic carboxylic acids is 1. The zero-order valence-corrected chi connectivity index (χ0v) is 8.45. The molecule has 0 bridgehead atoms. The van der Waals surface area contributed by atoms with Crippen LogP contribution in [0.15, 0.2) is 18.2 Å². The molecule has 0 aliphatic heterocycles. The van der Waals surface area contributed by atoms with Crippen LogP contribution in [0.2, 0.25) is 0 Å². The van der Waals surface area contributed by atoms with Crippen LogP contribution in [-0.2, 0) is 0 Å². The van der Waals surface area contributed by atoms with Gasteiger partial charge in [-0.15, -0.1) is 0 Å². The molecule has 0 aromatic heterocycles. The number of carbonyl (C=O) groups is 1. The quantitative estimate of drug-likeness (QED) is 0.725. The molecule has 1 aromatic carbocycles. The molecule has 0 spiro atoms. The van der Waals surface area contributed by atoms with Crippen molar-refractivity contribution in [2.75, 3.05) is 5.73 Å². The van der Waals surface area contributed by atoms with Crippen LogP contribution in [-0.4, -0.2) is 11.1 Å². The lowest BCUT2D eigenvalue weighted by atomic mass is 9.96. The Bertz CT molecular complexity index is 347. The fraction of sp³-hybridized carbons (Fsp3) is 0.364. The summed E-state index contributed by atoms with van der Waals surface area (Å²) in [6, 6.07) is 5.20. The minimum absolute atomic E-state index is 0.197. The molecule has 0 saturated heterocycles. The number of anilines is 1. The van der Waals surface area contributed by atoms with Crippen molar-refractivity contribution in [1.82, 2.24) is 0 Å². The molecule has 0 radical (unpaired) electrons. The Balaban J connectivity index is 3.12. The van der Waals surface area contributed by atoms with Gasteiger partial charge in [0.1, 0.15) is 0 Å². The first-order chi connectivity index (χ1) is 6.56. The molecule has 0 amide bonds. The van der Waals surface area contributed by atoms with Crippen LogP contribution < -0.4 is 5.73 Å². The fourth-order valence-electron chi connectivity index (χ4n) is 1.30. The smallest absolute Gasteiger partial charge is 0.337 e. The monoisotopic (exact) mass is 193 g/mol. The third-order valence-corrected chi connectivity index (χ3v) is 2.49. The second-order valence-electron chi connectivity index (χ2n) is 3.46. The van der Waals surface area contributed by atoms with Crippen molar-refractivity contribution >= 4 is 11.7 Å². The molecule has 3 heteroatoms. The highest BCUT2D eigenvalue weighted by molar-refractivity contribution is 5.93. The minimum Gasteiger partial charge on any atom is -0.478 e. The van der Waals surface area contributed by atoms with Gasteiger partial charge < -0.3 is 10.8 Å². The maximum Gasteiger partial charge on any atom is 0.337 e. The minimum atomic E-state index is -0.965. The standard InChI is InChI=1S/C11H15NO2/c1-3-7(2)8-4-5-10(12)9(6-8)11(13)14/h4-7H,3,12H2,1-2H3,(H,13,14). The number of hydrogen-bond donors (Lipinski definition) is 2. The lowest BCUT2D eigenvalue weighted by Crippen LogP contribution is -2.04. The summed E-state index contributed by atoms with van der Waals surface area (Å²) in [5.74, 6) is -0.596. The van der Waals surface area contributed by atoms with Gasteiger partial charge >= 0.3 is 5.97 Å². The van der Waals surface area contributed by atoms with Crippen LogP contribution in [0.3, 0.4) is 0 Å². The summed E-state index contributed by atoms with van der Waals surface area (Å²) < 4.78 is 0. The van der Waals surface area contributed by atoms with E-state index in [0.29, 0.717) is 11.6 Å². The molecule has 3 N–H and O–H groups in total. The third kappa shape index (κ3) is 2.05. The molecule has 1 unspecified atom stereocenters. The number of carboxylic acid groups (broad SMARTS) is 1. The molecule has 1 rings (SSSR count). The lowest BCUT2D eigenvalue weighted by Gasteiger charge is -2.10. The van der Waals surface area contributed by atoms with E-state index in [9.17, 15) is 4.79 Å². The van der Waals surface area contributed by atoms with Crippen molar-refractivity contribution in [2.45, 2.75) is 26.2 Å². The van der Waals surface area contributed by atoms with Crippen molar-refractivity contribution in [3.8, 4) is 0 Å². The van der Waals surface area contributed by atoms with Crippen LogP contribution in [0.25, 0.3) is 0 Å². The summed E-state index contributed by atoms with van der Waals surface area (Å²) in [5, 5.41) is 8.86. The van der Waals surface area contributed by atoms with Crippen LogP contribution in [0.5, 0.6) is 0 Å². The molecule has 0 heterocycles. The van der Waals surface area contributed by atoms with E-state index in [4.69, 9.17) is 10.8 Å². The predicted molar refractivity (Wildman–Crippen MR) is 56.5 cm³/mol. The van der Waals surface area contributed by atoms with Crippen molar-refractivity contribution in [3.05, 3.63) is 29.3 Å². The Morgan fingerprint density at radius 3 is 2.71 bits per heavy atom. The molecule has 0 fully saturated rings. The van der Waals surface area contributed by atoms with E-state index < -0.39 is 5.97 Å². The molecular weight excluding hydrogens is 178 g/mol. The molecular formula is C11H15NO2. The second kappa shape index (κ2) is 4.13. The Hall–Kier alpha value is -1.51. The molecule has 1 aromatic rings. The number of nitrogens with two attached hydrogens (primary N) is 1. The zero-order valence-electron chi connectivity index (χ0n) is 8.45. The van der Waals surface area contributed by atoms with E-state index in [1.165, 1.54) is 0 Å². The van der Waals surface area contributed by atoms with E-state index in [-0.39, 0.29) is 5.56 Å². The third-order valence-electron chi connectivity index (χ3n) is 2.49. The maximum atomic E-state index is 10.8. The van der Waals surface area contributed by atoms with Gasteiger partial charge in [0.2, 0.25) is 0 Å². The Morgan fingerprint density at radius 2 is 2.21 bits per heavy atom. The summed E-state index contributed by atoms with van der Waals surface area (Å²) >= 11 is 0. The summed E-state index contributed by atoms with van der Waals surface area (Å²) in [7, 11) is 0. The van der Waals surface area contributed by atoms with Crippen LogP contribution >= 0.6 is 0 Å². The van der Waals surface area contributed by atoms with E-state index >= 15 is 0 Å². The topological polar surface area (TPSA) is 63.3 Å². The SMILES string of the molecule is CCC(C)c1ccc(N)c(C(=O)O)c1. The van der Waals surface area contributed by atoms with Crippen molar-refractivity contribution < 1.29 is 9.90 Å². The van der Waals surface area contributed by atoms with E-state index in [0.717, 1.165) is 12.0 Å². The Labute approximate surface area is 83.6 Å². The van der Waals surface area contributed by atoms with Gasteiger partial charge in [0.15, 0.2) is 0 Å². The van der Waals surface area contributed by atoms with Gasteiger partial charge in [0, 0.05) is 5.69 Å². The van der Waals surface area contributed by atoms with Crippen molar-refractivity contribution in [1.29, 1.82) is 0 Å². The first-order valence-electron chi connectivity index (χ1n) is 4.69. The molecule has 1 atom stereocenters. The van der Waals surface area contributed by atoms with Gasteiger partial charge in [-0.3, -0.25) is 0 Å². The highest BCUT2D eigenvalue weighted by Crippen LogP contribution is 2.22. The summed E-state index contributed by atoms with van der Waals surface area (Å²) in [5.41, 5.74) is 7.10. The van der Waals surface area contributed by atoms with Crippen molar-refractivity contribution in [2.24, 2.45) is 0 Å². The lowest BCUT2D eigenvalue weighted by molar-refractivity contribution is 0.0698. The normalized spacial score (nSPS) is 12.4. The van der Waals surface area contributed by atoms with Gasteiger partial charge in [-0.25, -0.2) is 4.79 Å². The van der Waals surface area contributed by atoms with E-state index in [1.54, 1.807) is 12.1 Å². The van der Waals surface area contributed by atoms with Crippen LogP contribution in [0.1, 0.15) is 42.1 Å². The molecule has 0 saturated carbocycles. The second-order valence-corrected chi connectivity index (χ2v) is 3.46. The largest absolute Gasteiger partial charge is 0.478 e. The maximum absolute atomic E-state index is 10.8. The number of carboxylic acids is 1. The average molecular weight is 193 g/mol. The van der Waals surface area contributed by atoms with Gasteiger partial charge in [-0.1, -0.05) is 19.9 Å². The number of benzene rings is 1. The molecule has 76 valence electrons. The first kappa shape index (κ1) is 10.6.